The minimum Gasteiger partial charge on any atom is -0.448 e. The predicted octanol–water partition coefficient (Wildman–Crippen LogP) is 0.109. The van der Waals surface area contributed by atoms with Gasteiger partial charge >= 0.3 is 6.09 Å². The Balaban J connectivity index is 2.60. The van der Waals surface area contributed by atoms with Gasteiger partial charge in [-0.3, -0.25) is 0 Å². The van der Waals surface area contributed by atoms with Gasteiger partial charge in [0.2, 0.25) is 10.0 Å². The zero-order valence-corrected chi connectivity index (χ0v) is 10.2. The van der Waals surface area contributed by atoms with E-state index in [1.807, 2.05) is 0 Å². The largest absolute Gasteiger partial charge is 0.448 e. The fourth-order valence-corrected chi connectivity index (χ4v) is 2.23. The summed E-state index contributed by atoms with van der Waals surface area (Å²) in [6.45, 7) is -0.224. The number of halogens is 1. The van der Waals surface area contributed by atoms with Crippen LogP contribution in [0, 0.1) is 0 Å². The molecule has 1 aromatic heterocycles. The van der Waals surface area contributed by atoms with Gasteiger partial charge in [0.15, 0.2) is 0 Å². The van der Waals surface area contributed by atoms with Crippen LogP contribution in [-0.4, -0.2) is 32.6 Å². The van der Waals surface area contributed by atoms with Crippen molar-refractivity contribution in [3.05, 3.63) is 23.5 Å². The number of nitrogens with one attached hydrogen (secondary N) is 1. The van der Waals surface area contributed by atoms with E-state index in [4.69, 9.17) is 17.3 Å². The first-order valence-corrected chi connectivity index (χ1v) is 6.31. The van der Waals surface area contributed by atoms with Crippen molar-refractivity contribution in [2.45, 2.75) is 4.90 Å². The smallest absolute Gasteiger partial charge is 0.404 e. The number of ether oxygens (including phenoxy) is 1. The highest BCUT2D eigenvalue weighted by atomic mass is 35.5. The molecule has 0 fully saturated rings. The van der Waals surface area contributed by atoms with Crippen molar-refractivity contribution in [3.63, 3.8) is 0 Å². The number of primary amides is 1. The Morgan fingerprint density at radius 2 is 2.29 bits per heavy atom. The van der Waals surface area contributed by atoms with E-state index in [2.05, 4.69) is 14.4 Å². The van der Waals surface area contributed by atoms with Crippen molar-refractivity contribution in [3.8, 4) is 0 Å². The second-order valence-corrected chi connectivity index (χ2v) is 5.03. The zero-order valence-electron chi connectivity index (χ0n) is 8.59. The minimum atomic E-state index is -3.69. The molecule has 0 unspecified atom stereocenters. The molecule has 0 saturated heterocycles. The molecular weight excluding hydrogens is 270 g/mol. The Morgan fingerprint density at radius 3 is 2.88 bits per heavy atom. The van der Waals surface area contributed by atoms with E-state index in [0.29, 0.717) is 0 Å². The number of pyridine rings is 1. The van der Waals surface area contributed by atoms with E-state index >= 15 is 0 Å². The molecule has 0 aliphatic heterocycles. The molecule has 7 nitrogen and oxygen atoms in total. The highest BCUT2D eigenvalue weighted by Crippen LogP contribution is 2.12. The number of aromatic nitrogens is 1. The van der Waals surface area contributed by atoms with Gasteiger partial charge < -0.3 is 10.5 Å². The van der Waals surface area contributed by atoms with E-state index in [1.54, 1.807) is 0 Å². The van der Waals surface area contributed by atoms with Crippen LogP contribution >= 0.6 is 11.6 Å². The van der Waals surface area contributed by atoms with Crippen LogP contribution in [0.25, 0.3) is 0 Å². The van der Waals surface area contributed by atoms with Gasteiger partial charge in [-0.1, -0.05) is 11.6 Å². The highest BCUT2D eigenvalue weighted by molar-refractivity contribution is 7.89. The summed E-state index contributed by atoms with van der Waals surface area (Å²) in [5.41, 5.74) is 4.71. The second kappa shape index (κ2) is 5.80. The molecule has 1 amide bonds. The molecular formula is C8H10ClN3O4S. The van der Waals surface area contributed by atoms with Crippen LogP contribution in [0.2, 0.25) is 5.15 Å². The Hall–Kier alpha value is -1.38. The molecule has 0 saturated carbocycles. The summed E-state index contributed by atoms with van der Waals surface area (Å²) in [5.74, 6) is 0. The maximum Gasteiger partial charge on any atom is 0.404 e. The third-order valence-corrected chi connectivity index (χ3v) is 3.31. The number of nitrogens with two attached hydrogens (primary N) is 1. The van der Waals surface area contributed by atoms with Crippen molar-refractivity contribution in [1.82, 2.24) is 9.71 Å². The number of sulfonamides is 1. The zero-order chi connectivity index (χ0) is 12.9. The van der Waals surface area contributed by atoms with E-state index in [-0.39, 0.29) is 23.2 Å². The SMILES string of the molecule is NC(=O)OCCNS(=O)(=O)c1ccnc(Cl)c1. The van der Waals surface area contributed by atoms with Crippen molar-refractivity contribution in [2.75, 3.05) is 13.2 Å². The summed E-state index contributed by atoms with van der Waals surface area (Å²) < 4.78 is 29.9. The fraction of sp³-hybridized carbons (Fsp3) is 0.250. The molecule has 0 aliphatic carbocycles. The molecule has 0 spiro atoms. The first-order chi connectivity index (χ1) is 7.92. The topological polar surface area (TPSA) is 111 Å². The Labute approximate surface area is 103 Å². The highest BCUT2D eigenvalue weighted by Gasteiger charge is 2.13. The molecule has 17 heavy (non-hydrogen) atoms. The number of hydrogen-bond donors (Lipinski definition) is 2. The van der Waals surface area contributed by atoms with Gasteiger partial charge in [0.05, 0.1) is 4.90 Å². The Bertz CT molecular complexity index is 505. The quantitative estimate of drug-likeness (QED) is 0.587. The van der Waals surface area contributed by atoms with Gasteiger partial charge in [0, 0.05) is 12.7 Å². The van der Waals surface area contributed by atoms with Gasteiger partial charge in [-0.25, -0.2) is 22.9 Å². The van der Waals surface area contributed by atoms with E-state index in [0.717, 1.165) is 0 Å². The third-order valence-electron chi connectivity index (χ3n) is 1.65. The number of rotatable bonds is 5. The summed E-state index contributed by atoms with van der Waals surface area (Å²) >= 11 is 5.56. The Morgan fingerprint density at radius 1 is 1.59 bits per heavy atom. The average Bonchev–Trinajstić information content (AvgIpc) is 2.24. The molecule has 1 heterocycles. The molecule has 0 atom stereocenters. The van der Waals surface area contributed by atoms with Crippen LogP contribution in [0.1, 0.15) is 0 Å². The lowest BCUT2D eigenvalue weighted by atomic mass is 10.5. The monoisotopic (exact) mass is 279 g/mol. The fourth-order valence-electron chi connectivity index (χ4n) is 0.963. The van der Waals surface area contributed by atoms with E-state index in [9.17, 15) is 13.2 Å². The molecule has 0 aromatic carbocycles. The summed E-state index contributed by atoms with van der Waals surface area (Å²) in [7, 11) is -3.69. The molecule has 1 aromatic rings. The van der Waals surface area contributed by atoms with Gasteiger partial charge in [-0.2, -0.15) is 0 Å². The first-order valence-electron chi connectivity index (χ1n) is 4.45. The Kier molecular flexibility index (Phi) is 4.67. The van der Waals surface area contributed by atoms with Crippen LogP contribution in [0.4, 0.5) is 4.79 Å². The van der Waals surface area contributed by atoms with Crippen molar-refractivity contribution < 1.29 is 17.9 Å². The van der Waals surface area contributed by atoms with Crippen LogP contribution in [0.15, 0.2) is 23.2 Å². The summed E-state index contributed by atoms with van der Waals surface area (Å²) in [6.07, 6.45) is 0.313. The van der Waals surface area contributed by atoms with Gasteiger partial charge in [0.1, 0.15) is 11.8 Å². The summed E-state index contributed by atoms with van der Waals surface area (Å²) in [4.78, 5) is 13.9. The normalized spacial score (nSPS) is 11.1. The molecule has 9 heteroatoms. The number of nitrogens with zero attached hydrogens (tertiary/aromatic N) is 1. The number of carbonyl (C=O) groups excluding carboxylic acids is 1. The van der Waals surface area contributed by atoms with Gasteiger partial charge in [-0.15, -0.1) is 0 Å². The number of hydrogen-bond acceptors (Lipinski definition) is 5. The molecule has 0 radical (unpaired) electrons. The second-order valence-electron chi connectivity index (χ2n) is 2.88. The molecule has 1 rings (SSSR count). The lowest BCUT2D eigenvalue weighted by Gasteiger charge is -2.06. The van der Waals surface area contributed by atoms with Gasteiger partial charge in [0.25, 0.3) is 0 Å². The number of carbonyl (C=O) groups is 1. The van der Waals surface area contributed by atoms with Crippen molar-refractivity contribution in [2.24, 2.45) is 5.73 Å². The molecule has 94 valence electrons. The molecule has 3 N–H and O–H groups in total. The van der Waals surface area contributed by atoms with Crippen molar-refractivity contribution >= 4 is 27.7 Å². The minimum absolute atomic E-state index is 0.0171. The average molecular weight is 280 g/mol. The van der Waals surface area contributed by atoms with Gasteiger partial charge in [-0.05, 0) is 12.1 Å². The van der Waals surface area contributed by atoms with E-state index in [1.165, 1.54) is 18.3 Å². The summed E-state index contributed by atoms with van der Waals surface area (Å²) in [5, 5.41) is 0.0706. The number of amides is 1. The van der Waals surface area contributed by atoms with E-state index < -0.39 is 16.1 Å². The molecule has 0 bridgehead atoms. The van der Waals surface area contributed by atoms with Crippen LogP contribution in [-0.2, 0) is 14.8 Å². The lowest BCUT2D eigenvalue weighted by molar-refractivity contribution is 0.159. The standard InChI is InChI=1S/C8H10ClN3O4S/c9-7-5-6(1-2-11-7)17(14,15)12-3-4-16-8(10)13/h1-2,5,12H,3-4H2,(H2,10,13). The maximum atomic E-state index is 11.7. The maximum absolute atomic E-state index is 11.7. The first kappa shape index (κ1) is 13.7. The lowest BCUT2D eigenvalue weighted by Crippen LogP contribution is -2.29. The molecule has 0 aliphatic rings. The van der Waals surface area contributed by atoms with Crippen LogP contribution in [0.3, 0.4) is 0 Å². The van der Waals surface area contributed by atoms with Crippen molar-refractivity contribution in [1.29, 1.82) is 0 Å². The predicted molar refractivity (Wildman–Crippen MR) is 60.0 cm³/mol. The van der Waals surface area contributed by atoms with Crippen LogP contribution in [0.5, 0.6) is 0 Å². The third kappa shape index (κ3) is 4.55. The summed E-state index contributed by atoms with van der Waals surface area (Å²) in [6, 6.07) is 2.50. The van der Waals surface area contributed by atoms with Crippen LogP contribution < -0.4 is 10.5 Å².